The van der Waals surface area contributed by atoms with Gasteiger partial charge in [-0.25, -0.2) is 0 Å². The summed E-state index contributed by atoms with van der Waals surface area (Å²) in [6.07, 6.45) is 7.54. The lowest BCUT2D eigenvalue weighted by Gasteiger charge is -2.25. The van der Waals surface area contributed by atoms with Crippen LogP contribution in [0.3, 0.4) is 0 Å². The average molecular weight is 489 g/mol. The van der Waals surface area contributed by atoms with Gasteiger partial charge in [0, 0.05) is 10.5 Å². The van der Waals surface area contributed by atoms with E-state index in [1.165, 1.54) is 31.0 Å². The van der Waals surface area contributed by atoms with Gasteiger partial charge in [-0.15, -0.1) is 10.2 Å². The number of thioether (sulfide) groups is 1. The van der Waals surface area contributed by atoms with Gasteiger partial charge in [-0.1, -0.05) is 59.1 Å². The molecule has 0 bridgehead atoms. The van der Waals surface area contributed by atoms with Crippen molar-refractivity contribution in [1.82, 2.24) is 20.1 Å². The van der Waals surface area contributed by atoms with Crippen LogP contribution in [0.2, 0.25) is 0 Å². The summed E-state index contributed by atoms with van der Waals surface area (Å²) in [5.74, 6) is 1.74. The number of nitrogens with zero attached hydrogens (tertiary/aromatic N) is 3. The fourth-order valence-corrected chi connectivity index (χ4v) is 4.95. The predicted octanol–water partition coefficient (Wildman–Crippen LogP) is 5.78. The second-order valence-electron chi connectivity index (χ2n) is 7.57. The number of furan rings is 1. The maximum atomic E-state index is 12.6. The van der Waals surface area contributed by atoms with E-state index in [-0.39, 0.29) is 11.9 Å². The van der Waals surface area contributed by atoms with E-state index < -0.39 is 0 Å². The van der Waals surface area contributed by atoms with Gasteiger partial charge < -0.3 is 9.73 Å². The highest BCUT2D eigenvalue weighted by Gasteiger charge is 2.25. The van der Waals surface area contributed by atoms with E-state index in [0.29, 0.717) is 17.6 Å². The number of amides is 1. The van der Waals surface area contributed by atoms with Crippen molar-refractivity contribution in [3.05, 3.63) is 52.7 Å². The number of carbonyl (C=O) groups excluding carboxylic acids is 1. The van der Waals surface area contributed by atoms with Crippen molar-refractivity contribution in [2.24, 2.45) is 0 Å². The number of rotatable bonds is 7. The van der Waals surface area contributed by atoms with Gasteiger partial charge in [0.15, 0.2) is 10.9 Å². The molecule has 158 valence electrons. The summed E-state index contributed by atoms with van der Waals surface area (Å²) < 4.78 is 8.78. The third-order valence-electron chi connectivity index (χ3n) is 5.43. The molecule has 1 saturated carbocycles. The number of carbonyl (C=O) groups is 1. The molecule has 30 heavy (non-hydrogen) atoms. The standard InChI is InChI=1S/C22H25BrN4O2S/c1-15(16-9-11-17(23)12-10-16)24-20(28)14-30-22-26-25-21(19-8-5-13-29-19)27(22)18-6-3-2-4-7-18/h5,8-13,15,18H,2-4,6-7,14H2,1H3,(H,24,28)/t15-/m1/s1. The van der Waals surface area contributed by atoms with Gasteiger partial charge in [-0.3, -0.25) is 9.36 Å². The Morgan fingerprint density at radius 3 is 2.70 bits per heavy atom. The first-order valence-electron chi connectivity index (χ1n) is 10.3. The molecule has 0 unspecified atom stereocenters. The van der Waals surface area contributed by atoms with Gasteiger partial charge in [0.2, 0.25) is 11.7 Å². The van der Waals surface area contributed by atoms with Crippen LogP contribution in [0, 0.1) is 0 Å². The maximum Gasteiger partial charge on any atom is 0.230 e. The SMILES string of the molecule is C[C@@H](NC(=O)CSc1nnc(-c2ccco2)n1C1CCCCC1)c1ccc(Br)cc1. The van der Waals surface area contributed by atoms with E-state index in [1.54, 1.807) is 6.26 Å². The Kier molecular flexibility index (Phi) is 6.94. The molecule has 2 heterocycles. The molecular formula is C22H25BrN4O2S. The predicted molar refractivity (Wildman–Crippen MR) is 121 cm³/mol. The summed E-state index contributed by atoms with van der Waals surface area (Å²) in [5.41, 5.74) is 1.07. The van der Waals surface area contributed by atoms with Crippen LogP contribution in [0.1, 0.15) is 56.7 Å². The van der Waals surface area contributed by atoms with Gasteiger partial charge >= 0.3 is 0 Å². The van der Waals surface area contributed by atoms with E-state index in [2.05, 4.69) is 36.0 Å². The van der Waals surface area contributed by atoms with Gasteiger partial charge in [-0.2, -0.15) is 0 Å². The van der Waals surface area contributed by atoms with Crippen LogP contribution in [0.15, 0.2) is 56.7 Å². The second kappa shape index (κ2) is 9.83. The molecule has 1 N–H and O–H groups in total. The highest BCUT2D eigenvalue weighted by atomic mass is 79.9. The highest BCUT2D eigenvalue weighted by molar-refractivity contribution is 9.10. The van der Waals surface area contributed by atoms with E-state index >= 15 is 0 Å². The number of nitrogens with one attached hydrogen (secondary N) is 1. The average Bonchev–Trinajstić information content (AvgIpc) is 3.43. The van der Waals surface area contributed by atoms with E-state index in [1.807, 2.05) is 43.3 Å². The summed E-state index contributed by atoms with van der Waals surface area (Å²) in [7, 11) is 0. The molecule has 0 saturated heterocycles. The fourth-order valence-electron chi connectivity index (χ4n) is 3.87. The number of hydrogen-bond donors (Lipinski definition) is 1. The van der Waals surface area contributed by atoms with Crippen molar-refractivity contribution in [2.45, 2.75) is 56.3 Å². The zero-order chi connectivity index (χ0) is 20.9. The van der Waals surface area contributed by atoms with E-state index in [0.717, 1.165) is 33.9 Å². The van der Waals surface area contributed by atoms with Crippen LogP contribution in [0.4, 0.5) is 0 Å². The lowest BCUT2D eigenvalue weighted by atomic mass is 9.95. The maximum absolute atomic E-state index is 12.6. The zero-order valence-electron chi connectivity index (χ0n) is 16.9. The first-order chi connectivity index (χ1) is 14.6. The Morgan fingerprint density at radius 1 is 1.23 bits per heavy atom. The normalized spacial score (nSPS) is 15.8. The van der Waals surface area contributed by atoms with Crippen molar-refractivity contribution in [1.29, 1.82) is 0 Å². The summed E-state index contributed by atoms with van der Waals surface area (Å²) in [4.78, 5) is 12.6. The third-order valence-corrected chi connectivity index (χ3v) is 6.90. The minimum Gasteiger partial charge on any atom is -0.461 e. The summed E-state index contributed by atoms with van der Waals surface area (Å²) >= 11 is 4.87. The smallest absolute Gasteiger partial charge is 0.230 e. The molecule has 8 heteroatoms. The lowest BCUT2D eigenvalue weighted by Crippen LogP contribution is -2.28. The van der Waals surface area contributed by atoms with Gasteiger partial charge in [0.05, 0.1) is 18.1 Å². The fraction of sp³-hybridized carbons (Fsp3) is 0.409. The first-order valence-corrected chi connectivity index (χ1v) is 12.1. The van der Waals surface area contributed by atoms with Crippen molar-refractivity contribution < 1.29 is 9.21 Å². The summed E-state index contributed by atoms with van der Waals surface area (Å²) in [6.45, 7) is 1.99. The van der Waals surface area contributed by atoms with E-state index in [4.69, 9.17) is 4.42 Å². The number of benzene rings is 1. The summed E-state index contributed by atoms with van der Waals surface area (Å²) in [6, 6.07) is 12.0. The van der Waals surface area contributed by atoms with Crippen LogP contribution in [0.25, 0.3) is 11.6 Å². The Bertz CT molecular complexity index is 966. The molecule has 4 rings (SSSR count). The monoisotopic (exact) mass is 488 g/mol. The largest absolute Gasteiger partial charge is 0.461 e. The van der Waals surface area contributed by atoms with Crippen LogP contribution in [-0.2, 0) is 4.79 Å². The van der Waals surface area contributed by atoms with Crippen molar-refractivity contribution in [3.63, 3.8) is 0 Å². The minimum absolute atomic E-state index is 0.0202. The molecule has 1 aliphatic carbocycles. The molecule has 1 fully saturated rings. The molecule has 2 aromatic heterocycles. The Labute approximate surface area is 189 Å². The molecule has 1 aliphatic rings. The van der Waals surface area contributed by atoms with Gasteiger partial charge in [0.1, 0.15) is 0 Å². The van der Waals surface area contributed by atoms with Gasteiger partial charge in [-0.05, 0) is 49.6 Å². The highest BCUT2D eigenvalue weighted by Crippen LogP contribution is 2.35. The molecular weight excluding hydrogens is 464 g/mol. The lowest BCUT2D eigenvalue weighted by molar-refractivity contribution is -0.119. The Morgan fingerprint density at radius 2 is 2.00 bits per heavy atom. The van der Waals surface area contributed by atoms with Gasteiger partial charge in [0.25, 0.3) is 0 Å². The molecule has 3 aromatic rings. The molecule has 1 aromatic carbocycles. The van der Waals surface area contributed by atoms with Crippen molar-refractivity contribution in [2.75, 3.05) is 5.75 Å². The number of halogens is 1. The zero-order valence-corrected chi connectivity index (χ0v) is 19.3. The van der Waals surface area contributed by atoms with Crippen molar-refractivity contribution in [3.8, 4) is 11.6 Å². The molecule has 0 aliphatic heterocycles. The minimum atomic E-state index is -0.0545. The van der Waals surface area contributed by atoms with E-state index in [9.17, 15) is 4.79 Å². The molecule has 1 atom stereocenters. The third kappa shape index (κ3) is 4.98. The molecule has 6 nitrogen and oxygen atoms in total. The Hall–Kier alpha value is -2.06. The van der Waals surface area contributed by atoms with Crippen LogP contribution in [-0.4, -0.2) is 26.4 Å². The molecule has 0 radical (unpaired) electrons. The van der Waals surface area contributed by atoms with Crippen molar-refractivity contribution >= 4 is 33.6 Å². The molecule has 0 spiro atoms. The van der Waals surface area contributed by atoms with Crippen LogP contribution < -0.4 is 5.32 Å². The van der Waals surface area contributed by atoms with Crippen LogP contribution in [0.5, 0.6) is 0 Å². The number of aromatic nitrogens is 3. The quantitative estimate of drug-likeness (QED) is 0.427. The second-order valence-corrected chi connectivity index (χ2v) is 9.43. The summed E-state index contributed by atoms with van der Waals surface area (Å²) in [5, 5.41) is 12.6. The topological polar surface area (TPSA) is 73.0 Å². The van der Waals surface area contributed by atoms with Crippen LogP contribution >= 0.6 is 27.7 Å². The first kappa shape index (κ1) is 21.2. The number of hydrogen-bond acceptors (Lipinski definition) is 5. The Balaban J connectivity index is 1.45. The molecule has 1 amide bonds.